The maximum atomic E-state index is 12.3. The molecule has 1 aromatic heterocycles. The van der Waals surface area contributed by atoms with Crippen LogP contribution in [0.15, 0.2) is 24.3 Å². The molecule has 0 saturated heterocycles. The van der Waals surface area contributed by atoms with Crippen LogP contribution in [-0.4, -0.2) is 26.8 Å². The predicted octanol–water partition coefficient (Wildman–Crippen LogP) is 1.90. The molecule has 0 fully saturated rings. The molecule has 1 heterocycles. The molecule has 0 saturated carbocycles. The lowest BCUT2D eigenvalue weighted by Crippen LogP contribution is -2.35. The quantitative estimate of drug-likeness (QED) is 0.903. The number of carboxylic acids is 1. The van der Waals surface area contributed by atoms with Gasteiger partial charge in [-0.1, -0.05) is 18.2 Å². The van der Waals surface area contributed by atoms with Gasteiger partial charge in [-0.25, -0.2) is 4.79 Å². The smallest absolute Gasteiger partial charge is 0.330 e. The molecule has 2 rings (SSSR count). The highest BCUT2D eigenvalue weighted by Gasteiger charge is 2.25. The molecule has 0 aliphatic heterocycles. The summed E-state index contributed by atoms with van der Waals surface area (Å²) in [4.78, 5) is 23.9. The van der Waals surface area contributed by atoms with Crippen LogP contribution in [-0.2, 0) is 11.8 Å². The van der Waals surface area contributed by atoms with Crippen molar-refractivity contribution in [3.63, 3.8) is 0 Å². The van der Waals surface area contributed by atoms with E-state index in [2.05, 4.69) is 10.4 Å². The minimum atomic E-state index is -1.10. The molecule has 116 valence electrons. The zero-order valence-corrected chi connectivity index (χ0v) is 13.0. The first kappa shape index (κ1) is 15.8. The van der Waals surface area contributed by atoms with Crippen LogP contribution in [0.1, 0.15) is 38.9 Å². The summed E-state index contributed by atoms with van der Waals surface area (Å²) < 4.78 is 1.44. The SMILES string of the molecule is Cc1cc(C(=O)NC(C(=O)O)c2cccc(C)c2C)n(C)n1. The molecule has 0 spiro atoms. The second kappa shape index (κ2) is 6.01. The Labute approximate surface area is 128 Å². The first-order valence-corrected chi connectivity index (χ1v) is 6.91. The van der Waals surface area contributed by atoms with Crippen LogP contribution in [0.2, 0.25) is 0 Å². The van der Waals surface area contributed by atoms with Crippen LogP contribution >= 0.6 is 0 Å². The van der Waals surface area contributed by atoms with Crippen molar-refractivity contribution in [2.24, 2.45) is 7.05 Å². The number of nitrogens with one attached hydrogen (secondary N) is 1. The third-order valence-corrected chi connectivity index (χ3v) is 3.71. The highest BCUT2D eigenvalue weighted by molar-refractivity contribution is 5.95. The van der Waals surface area contributed by atoms with Crippen molar-refractivity contribution in [2.75, 3.05) is 0 Å². The number of amides is 1. The van der Waals surface area contributed by atoms with Gasteiger partial charge in [0.25, 0.3) is 5.91 Å². The van der Waals surface area contributed by atoms with Crippen LogP contribution in [0.25, 0.3) is 0 Å². The van der Waals surface area contributed by atoms with Crippen molar-refractivity contribution in [1.29, 1.82) is 0 Å². The number of rotatable bonds is 4. The van der Waals surface area contributed by atoms with Crippen LogP contribution in [0.5, 0.6) is 0 Å². The first-order valence-electron chi connectivity index (χ1n) is 6.91. The minimum Gasteiger partial charge on any atom is -0.479 e. The highest BCUT2D eigenvalue weighted by atomic mass is 16.4. The van der Waals surface area contributed by atoms with Gasteiger partial charge in [0.15, 0.2) is 6.04 Å². The molecule has 6 heteroatoms. The van der Waals surface area contributed by atoms with Gasteiger partial charge in [-0.3, -0.25) is 9.48 Å². The van der Waals surface area contributed by atoms with Crippen LogP contribution in [0.4, 0.5) is 0 Å². The maximum absolute atomic E-state index is 12.3. The van der Waals surface area contributed by atoms with Gasteiger partial charge < -0.3 is 10.4 Å². The molecule has 0 bridgehead atoms. The molecule has 1 unspecified atom stereocenters. The summed E-state index contributed by atoms with van der Waals surface area (Å²) >= 11 is 0. The molecule has 1 atom stereocenters. The number of hydrogen-bond acceptors (Lipinski definition) is 3. The number of nitrogens with zero attached hydrogens (tertiary/aromatic N) is 2. The molecule has 1 aromatic carbocycles. The van der Waals surface area contributed by atoms with E-state index >= 15 is 0 Å². The minimum absolute atomic E-state index is 0.328. The zero-order valence-electron chi connectivity index (χ0n) is 13.0. The van der Waals surface area contributed by atoms with E-state index in [1.165, 1.54) is 4.68 Å². The van der Waals surface area contributed by atoms with Gasteiger partial charge in [0.05, 0.1) is 5.69 Å². The Balaban J connectivity index is 2.34. The van der Waals surface area contributed by atoms with Gasteiger partial charge in [-0.15, -0.1) is 0 Å². The van der Waals surface area contributed by atoms with E-state index in [1.807, 2.05) is 19.9 Å². The number of carbonyl (C=O) groups is 2. The molecular formula is C16H19N3O3. The molecule has 0 radical (unpaired) electrons. The van der Waals surface area contributed by atoms with E-state index < -0.39 is 17.9 Å². The van der Waals surface area contributed by atoms with Gasteiger partial charge in [-0.05, 0) is 43.5 Å². The van der Waals surface area contributed by atoms with E-state index in [0.29, 0.717) is 17.0 Å². The van der Waals surface area contributed by atoms with Gasteiger partial charge in [-0.2, -0.15) is 5.10 Å². The van der Waals surface area contributed by atoms with Crippen LogP contribution < -0.4 is 5.32 Å². The predicted molar refractivity (Wildman–Crippen MR) is 81.7 cm³/mol. The monoisotopic (exact) mass is 301 g/mol. The third kappa shape index (κ3) is 3.00. The van der Waals surface area contributed by atoms with Crippen LogP contribution in [0.3, 0.4) is 0 Å². The van der Waals surface area contributed by atoms with Gasteiger partial charge in [0.1, 0.15) is 5.69 Å². The maximum Gasteiger partial charge on any atom is 0.330 e. The fourth-order valence-corrected chi connectivity index (χ4v) is 2.39. The number of aliphatic carboxylic acids is 1. The normalized spacial score (nSPS) is 12.0. The molecule has 22 heavy (non-hydrogen) atoms. The molecule has 1 amide bonds. The van der Waals surface area contributed by atoms with Crippen molar-refractivity contribution in [1.82, 2.24) is 15.1 Å². The standard InChI is InChI=1S/C16H19N3O3/c1-9-6-5-7-12(11(9)3)14(16(21)22)17-15(20)13-8-10(2)18-19(13)4/h5-8,14H,1-4H3,(H,17,20)(H,21,22). The van der Waals surface area contributed by atoms with Crippen molar-refractivity contribution in [3.05, 3.63) is 52.3 Å². The summed E-state index contributed by atoms with van der Waals surface area (Å²) in [6.45, 7) is 5.53. The zero-order chi connectivity index (χ0) is 16.4. The molecule has 0 aliphatic rings. The molecule has 6 nitrogen and oxygen atoms in total. The average molecular weight is 301 g/mol. The lowest BCUT2D eigenvalue weighted by Gasteiger charge is -2.18. The number of aryl methyl sites for hydroxylation is 3. The Bertz CT molecular complexity index is 734. The molecular weight excluding hydrogens is 282 g/mol. The lowest BCUT2D eigenvalue weighted by atomic mass is 9.97. The number of benzene rings is 1. The van der Waals surface area contributed by atoms with E-state index in [9.17, 15) is 14.7 Å². The summed E-state index contributed by atoms with van der Waals surface area (Å²) in [5, 5.41) is 16.1. The van der Waals surface area contributed by atoms with Crippen molar-refractivity contribution >= 4 is 11.9 Å². The average Bonchev–Trinajstić information content (AvgIpc) is 2.78. The fourth-order valence-electron chi connectivity index (χ4n) is 2.39. The van der Waals surface area contributed by atoms with Gasteiger partial charge in [0.2, 0.25) is 0 Å². The second-order valence-electron chi connectivity index (χ2n) is 5.33. The van der Waals surface area contributed by atoms with Crippen molar-refractivity contribution < 1.29 is 14.7 Å². The lowest BCUT2D eigenvalue weighted by molar-refractivity contribution is -0.139. The number of hydrogen-bond donors (Lipinski definition) is 2. The summed E-state index contributed by atoms with van der Waals surface area (Å²) in [5.74, 6) is -1.56. The summed E-state index contributed by atoms with van der Waals surface area (Å²) in [7, 11) is 1.65. The van der Waals surface area contributed by atoms with Gasteiger partial charge in [0, 0.05) is 7.05 Å². The summed E-state index contributed by atoms with van der Waals surface area (Å²) in [5.41, 5.74) is 3.45. The number of aromatic nitrogens is 2. The molecule has 2 N–H and O–H groups in total. The van der Waals surface area contributed by atoms with Crippen molar-refractivity contribution in [3.8, 4) is 0 Å². The Morgan fingerprint density at radius 1 is 1.27 bits per heavy atom. The topological polar surface area (TPSA) is 84.2 Å². The van der Waals surface area contributed by atoms with Crippen LogP contribution in [0, 0.1) is 20.8 Å². The Kier molecular flexibility index (Phi) is 4.30. The summed E-state index contributed by atoms with van der Waals surface area (Å²) in [6, 6.07) is 5.94. The summed E-state index contributed by atoms with van der Waals surface area (Å²) in [6.07, 6.45) is 0. The largest absolute Gasteiger partial charge is 0.479 e. The van der Waals surface area contributed by atoms with E-state index in [1.54, 1.807) is 32.2 Å². The fraction of sp³-hybridized carbons (Fsp3) is 0.312. The number of carboxylic acid groups (broad SMARTS) is 1. The second-order valence-corrected chi connectivity index (χ2v) is 5.33. The van der Waals surface area contributed by atoms with Crippen molar-refractivity contribution in [2.45, 2.75) is 26.8 Å². The Morgan fingerprint density at radius 3 is 2.50 bits per heavy atom. The van der Waals surface area contributed by atoms with Gasteiger partial charge >= 0.3 is 5.97 Å². The van der Waals surface area contributed by atoms with E-state index in [-0.39, 0.29) is 0 Å². The highest BCUT2D eigenvalue weighted by Crippen LogP contribution is 2.21. The Morgan fingerprint density at radius 2 is 1.95 bits per heavy atom. The first-order chi connectivity index (χ1) is 10.3. The third-order valence-electron chi connectivity index (χ3n) is 3.71. The molecule has 0 aliphatic carbocycles. The van der Waals surface area contributed by atoms with E-state index in [4.69, 9.17) is 0 Å². The Hall–Kier alpha value is -2.63. The van der Waals surface area contributed by atoms with E-state index in [0.717, 1.165) is 11.1 Å². The number of carbonyl (C=O) groups excluding carboxylic acids is 1. The molecule has 2 aromatic rings.